The first-order valence-corrected chi connectivity index (χ1v) is 3.93. The van der Waals surface area contributed by atoms with Crippen molar-refractivity contribution >= 4 is 5.97 Å². The van der Waals surface area contributed by atoms with Gasteiger partial charge in [0.15, 0.2) is 6.04 Å². The van der Waals surface area contributed by atoms with Gasteiger partial charge in [0.2, 0.25) is 0 Å². The van der Waals surface area contributed by atoms with Crippen LogP contribution < -0.4 is 4.74 Å². The van der Waals surface area contributed by atoms with Gasteiger partial charge in [0.25, 0.3) is 0 Å². The Morgan fingerprint density at radius 3 is 2.92 bits per heavy atom. The number of carbonyl (C=O) groups is 1. The Morgan fingerprint density at radius 1 is 1.38 bits per heavy atom. The standard InChI is InChI=1S/C9H7NO3/c11-9-7(10-12)5-6-3-1-2-4-8(6)13-9/h1-4,7H,5H2. The van der Waals surface area contributed by atoms with Crippen molar-refractivity contribution in [2.24, 2.45) is 5.18 Å². The maximum absolute atomic E-state index is 11.1. The highest BCUT2D eigenvalue weighted by Crippen LogP contribution is 2.25. The summed E-state index contributed by atoms with van der Waals surface area (Å²) in [5.74, 6) is -0.0268. The van der Waals surface area contributed by atoms with Crippen molar-refractivity contribution in [3.8, 4) is 5.75 Å². The third-order valence-electron chi connectivity index (χ3n) is 2.00. The molecule has 66 valence electrons. The molecule has 0 aromatic heterocycles. The molecule has 1 atom stereocenters. The molecule has 4 nitrogen and oxygen atoms in total. The van der Waals surface area contributed by atoms with Crippen molar-refractivity contribution < 1.29 is 9.53 Å². The van der Waals surface area contributed by atoms with Crippen LogP contribution in [0.15, 0.2) is 29.4 Å². The minimum Gasteiger partial charge on any atom is -0.425 e. The molecule has 1 heterocycles. The number of nitroso groups, excluding NO2 is 1. The van der Waals surface area contributed by atoms with E-state index in [0.29, 0.717) is 12.2 Å². The summed E-state index contributed by atoms with van der Waals surface area (Å²) in [6.07, 6.45) is 0.346. The van der Waals surface area contributed by atoms with Gasteiger partial charge in [-0.15, -0.1) is 4.91 Å². The Kier molecular flexibility index (Phi) is 1.81. The molecule has 13 heavy (non-hydrogen) atoms. The van der Waals surface area contributed by atoms with E-state index in [1.54, 1.807) is 12.1 Å². The average molecular weight is 177 g/mol. The summed E-state index contributed by atoms with van der Waals surface area (Å²) in [5, 5.41) is 2.70. The third-order valence-corrected chi connectivity index (χ3v) is 2.00. The first-order chi connectivity index (χ1) is 6.31. The molecule has 0 amide bonds. The fraction of sp³-hybridized carbons (Fsp3) is 0.222. The van der Waals surface area contributed by atoms with Crippen LogP contribution in [0.5, 0.6) is 5.75 Å². The number of rotatable bonds is 1. The van der Waals surface area contributed by atoms with Crippen molar-refractivity contribution in [2.75, 3.05) is 0 Å². The molecule has 4 heteroatoms. The highest BCUT2D eigenvalue weighted by atomic mass is 16.5. The fourth-order valence-corrected chi connectivity index (χ4v) is 1.32. The van der Waals surface area contributed by atoms with Crippen molar-refractivity contribution in [1.29, 1.82) is 0 Å². The van der Waals surface area contributed by atoms with Gasteiger partial charge in [-0.05, 0) is 11.6 Å². The van der Waals surface area contributed by atoms with Gasteiger partial charge in [0, 0.05) is 6.42 Å². The zero-order valence-corrected chi connectivity index (χ0v) is 6.77. The van der Waals surface area contributed by atoms with E-state index in [-0.39, 0.29) is 0 Å². The molecule has 0 aliphatic carbocycles. The Bertz CT molecular complexity index is 362. The lowest BCUT2D eigenvalue weighted by Crippen LogP contribution is -2.30. The Hall–Kier alpha value is -1.71. The highest BCUT2D eigenvalue weighted by Gasteiger charge is 2.28. The lowest BCUT2D eigenvalue weighted by atomic mass is 10.0. The van der Waals surface area contributed by atoms with Gasteiger partial charge in [-0.1, -0.05) is 23.4 Å². The number of hydrogen-bond donors (Lipinski definition) is 0. The van der Waals surface area contributed by atoms with Crippen molar-refractivity contribution in [3.05, 3.63) is 34.7 Å². The number of benzene rings is 1. The smallest absolute Gasteiger partial charge is 0.340 e. The van der Waals surface area contributed by atoms with E-state index in [1.165, 1.54) is 0 Å². The number of carbonyl (C=O) groups excluding carboxylic acids is 1. The first kappa shape index (κ1) is 7.91. The van der Waals surface area contributed by atoms with E-state index in [2.05, 4.69) is 5.18 Å². The Morgan fingerprint density at radius 2 is 2.15 bits per heavy atom. The van der Waals surface area contributed by atoms with E-state index in [1.807, 2.05) is 12.1 Å². The molecule has 0 saturated carbocycles. The van der Waals surface area contributed by atoms with Crippen LogP contribution in [0.2, 0.25) is 0 Å². The van der Waals surface area contributed by atoms with Crippen LogP contribution in [0.3, 0.4) is 0 Å². The molecule has 1 aliphatic heterocycles. The highest BCUT2D eigenvalue weighted by molar-refractivity contribution is 5.81. The lowest BCUT2D eigenvalue weighted by Gasteiger charge is -2.17. The predicted octanol–water partition coefficient (Wildman–Crippen LogP) is 1.28. The molecule has 0 bridgehead atoms. The third kappa shape index (κ3) is 1.30. The molecule has 0 radical (unpaired) electrons. The fourth-order valence-electron chi connectivity index (χ4n) is 1.32. The van der Waals surface area contributed by atoms with Gasteiger partial charge in [-0.2, -0.15) is 0 Å². The second-order valence-electron chi connectivity index (χ2n) is 2.85. The summed E-state index contributed by atoms with van der Waals surface area (Å²) < 4.78 is 4.90. The summed E-state index contributed by atoms with van der Waals surface area (Å²) in [5.41, 5.74) is 0.853. The van der Waals surface area contributed by atoms with Crippen LogP contribution in [0.1, 0.15) is 5.56 Å². The zero-order valence-electron chi connectivity index (χ0n) is 6.77. The van der Waals surface area contributed by atoms with Gasteiger partial charge >= 0.3 is 5.97 Å². The maximum Gasteiger partial charge on any atom is 0.340 e. The second-order valence-corrected chi connectivity index (χ2v) is 2.85. The molecule has 2 rings (SSSR count). The van der Waals surface area contributed by atoms with E-state index < -0.39 is 12.0 Å². The summed E-state index contributed by atoms with van der Waals surface area (Å²) >= 11 is 0. The molecule has 0 saturated heterocycles. The molecule has 1 aliphatic rings. The maximum atomic E-state index is 11.1. The number of esters is 1. The normalized spacial score (nSPS) is 20.3. The van der Waals surface area contributed by atoms with Gasteiger partial charge in [-0.3, -0.25) is 0 Å². The molecule has 1 aromatic carbocycles. The quantitative estimate of drug-likeness (QED) is 0.369. The van der Waals surface area contributed by atoms with Gasteiger partial charge in [0.05, 0.1) is 0 Å². The topological polar surface area (TPSA) is 55.7 Å². The Balaban J connectivity index is 2.38. The van der Waals surface area contributed by atoms with Crippen LogP contribution in [0.4, 0.5) is 0 Å². The van der Waals surface area contributed by atoms with E-state index in [4.69, 9.17) is 4.74 Å². The van der Waals surface area contributed by atoms with Gasteiger partial charge in [-0.25, -0.2) is 4.79 Å². The lowest BCUT2D eigenvalue weighted by molar-refractivity contribution is -0.136. The summed E-state index contributed by atoms with van der Waals surface area (Å²) in [4.78, 5) is 21.3. The number of para-hydroxylation sites is 1. The van der Waals surface area contributed by atoms with Crippen molar-refractivity contribution in [3.63, 3.8) is 0 Å². The van der Waals surface area contributed by atoms with E-state index in [9.17, 15) is 9.70 Å². The minimum absolute atomic E-state index is 0.346. The first-order valence-electron chi connectivity index (χ1n) is 3.93. The zero-order chi connectivity index (χ0) is 9.26. The molecule has 0 spiro atoms. The van der Waals surface area contributed by atoms with Crippen LogP contribution in [0.25, 0.3) is 0 Å². The second kappa shape index (κ2) is 2.97. The number of fused-ring (bicyclic) bond motifs is 1. The molecular formula is C9H7NO3. The van der Waals surface area contributed by atoms with Crippen LogP contribution in [-0.4, -0.2) is 12.0 Å². The molecule has 1 aromatic rings. The molecule has 1 unspecified atom stereocenters. The summed E-state index contributed by atoms with van der Waals surface area (Å²) in [7, 11) is 0. The van der Waals surface area contributed by atoms with Gasteiger partial charge in [0.1, 0.15) is 5.75 Å². The van der Waals surface area contributed by atoms with Crippen LogP contribution in [-0.2, 0) is 11.2 Å². The van der Waals surface area contributed by atoms with Crippen LogP contribution in [0, 0.1) is 4.91 Å². The summed E-state index contributed by atoms with van der Waals surface area (Å²) in [6, 6.07) is 6.25. The van der Waals surface area contributed by atoms with Crippen LogP contribution >= 0.6 is 0 Å². The van der Waals surface area contributed by atoms with Gasteiger partial charge < -0.3 is 4.74 Å². The SMILES string of the molecule is O=NC1Cc2ccccc2OC1=O. The minimum atomic E-state index is -0.880. The Labute approximate surface area is 74.5 Å². The molecule has 0 fully saturated rings. The van der Waals surface area contributed by atoms with E-state index >= 15 is 0 Å². The number of hydrogen-bond acceptors (Lipinski definition) is 4. The number of nitrogens with zero attached hydrogens (tertiary/aromatic N) is 1. The van der Waals surface area contributed by atoms with Crippen molar-refractivity contribution in [2.45, 2.75) is 12.5 Å². The van der Waals surface area contributed by atoms with E-state index in [0.717, 1.165) is 5.56 Å². The largest absolute Gasteiger partial charge is 0.425 e. The average Bonchev–Trinajstić information content (AvgIpc) is 2.17. The predicted molar refractivity (Wildman–Crippen MR) is 45.4 cm³/mol. The monoisotopic (exact) mass is 177 g/mol. The molecular weight excluding hydrogens is 170 g/mol. The number of ether oxygens (including phenoxy) is 1. The molecule has 0 N–H and O–H groups in total. The van der Waals surface area contributed by atoms with Crippen molar-refractivity contribution in [1.82, 2.24) is 0 Å². The summed E-state index contributed by atoms with van der Waals surface area (Å²) in [6.45, 7) is 0.